The number of ether oxygens (including phenoxy) is 1. The number of benzene rings is 2. The van der Waals surface area contributed by atoms with E-state index in [1.165, 1.54) is 0 Å². The summed E-state index contributed by atoms with van der Waals surface area (Å²) in [6.45, 7) is 2.16. The summed E-state index contributed by atoms with van der Waals surface area (Å²) in [6.07, 6.45) is 1.63. The van der Waals surface area contributed by atoms with Crippen LogP contribution in [0.2, 0.25) is 0 Å². The highest BCUT2D eigenvalue weighted by Crippen LogP contribution is 2.24. The molecule has 0 saturated carbocycles. The largest absolute Gasteiger partial charge is 0.497 e. The van der Waals surface area contributed by atoms with Crippen molar-refractivity contribution in [2.75, 3.05) is 13.7 Å². The van der Waals surface area contributed by atoms with E-state index in [2.05, 4.69) is 10.6 Å². The average molecular weight is 364 g/mol. The summed E-state index contributed by atoms with van der Waals surface area (Å²) in [6, 6.07) is 21.1. The van der Waals surface area contributed by atoms with Crippen molar-refractivity contribution in [3.05, 3.63) is 89.9 Å². The van der Waals surface area contributed by atoms with E-state index in [4.69, 9.17) is 9.15 Å². The van der Waals surface area contributed by atoms with Crippen LogP contribution >= 0.6 is 0 Å². The molecule has 0 bridgehead atoms. The Labute approximate surface area is 159 Å². The highest BCUT2D eigenvalue weighted by atomic mass is 16.5. The van der Waals surface area contributed by atoms with E-state index in [9.17, 15) is 4.79 Å². The first-order chi connectivity index (χ1) is 13.2. The number of amides is 1. The summed E-state index contributed by atoms with van der Waals surface area (Å²) in [7, 11) is 1.64. The quantitative estimate of drug-likeness (QED) is 0.637. The van der Waals surface area contributed by atoms with Gasteiger partial charge < -0.3 is 14.5 Å². The number of carbonyl (C=O) groups excluding carboxylic acids is 1. The lowest BCUT2D eigenvalue weighted by Gasteiger charge is -2.21. The van der Waals surface area contributed by atoms with E-state index in [-0.39, 0.29) is 24.5 Å². The fraction of sp³-hybridized carbons (Fsp3) is 0.227. The molecule has 0 aliphatic rings. The van der Waals surface area contributed by atoms with Gasteiger partial charge in [-0.2, -0.15) is 0 Å². The molecule has 3 aromatic rings. The average Bonchev–Trinajstić information content (AvgIpc) is 3.26. The van der Waals surface area contributed by atoms with Gasteiger partial charge in [0, 0.05) is 0 Å². The fourth-order valence-electron chi connectivity index (χ4n) is 2.90. The van der Waals surface area contributed by atoms with Crippen molar-refractivity contribution >= 4 is 5.91 Å². The number of furan rings is 1. The SMILES string of the molecule is COc1ccc([C@@H](NC(=O)CN[C@@H](C)c2ccco2)c2ccccc2)cc1. The highest BCUT2D eigenvalue weighted by Gasteiger charge is 2.18. The second kappa shape index (κ2) is 9.05. The van der Waals surface area contributed by atoms with Crippen molar-refractivity contribution in [1.82, 2.24) is 10.6 Å². The van der Waals surface area contributed by atoms with Gasteiger partial charge in [0.05, 0.1) is 32.0 Å². The number of carbonyl (C=O) groups is 1. The molecule has 0 spiro atoms. The molecular formula is C22H24N2O3. The van der Waals surface area contributed by atoms with E-state index < -0.39 is 0 Å². The van der Waals surface area contributed by atoms with Gasteiger partial charge in [0.1, 0.15) is 11.5 Å². The summed E-state index contributed by atoms with van der Waals surface area (Å²) in [4.78, 5) is 12.6. The predicted molar refractivity (Wildman–Crippen MR) is 105 cm³/mol. The maximum Gasteiger partial charge on any atom is 0.234 e. The van der Waals surface area contributed by atoms with Crippen LogP contribution < -0.4 is 15.4 Å². The number of hydrogen-bond acceptors (Lipinski definition) is 4. The number of methoxy groups -OCH3 is 1. The normalized spacial score (nSPS) is 13.0. The molecule has 0 unspecified atom stereocenters. The van der Waals surface area contributed by atoms with Crippen LogP contribution in [0.3, 0.4) is 0 Å². The standard InChI is InChI=1S/C22H24N2O3/c1-16(20-9-6-14-27-20)23-15-21(25)24-22(17-7-4-3-5-8-17)18-10-12-19(26-2)13-11-18/h3-14,16,22-23H,15H2,1-2H3,(H,24,25)/t16-,22-/m0/s1. The van der Waals surface area contributed by atoms with Crippen molar-refractivity contribution in [3.63, 3.8) is 0 Å². The maximum absolute atomic E-state index is 12.6. The molecule has 1 aromatic heterocycles. The molecule has 0 saturated heterocycles. The Balaban J connectivity index is 1.70. The second-order valence-corrected chi connectivity index (χ2v) is 6.30. The van der Waals surface area contributed by atoms with Crippen LogP contribution in [-0.2, 0) is 4.79 Å². The molecule has 0 aliphatic carbocycles. The van der Waals surface area contributed by atoms with Crippen LogP contribution in [0.15, 0.2) is 77.4 Å². The molecule has 5 heteroatoms. The van der Waals surface area contributed by atoms with E-state index in [1.54, 1.807) is 13.4 Å². The Hall–Kier alpha value is -3.05. The van der Waals surface area contributed by atoms with Crippen LogP contribution in [0, 0.1) is 0 Å². The molecule has 2 N–H and O–H groups in total. The van der Waals surface area contributed by atoms with Crippen LogP contribution in [0.4, 0.5) is 0 Å². The minimum absolute atomic E-state index is 0.0399. The topological polar surface area (TPSA) is 63.5 Å². The number of nitrogens with one attached hydrogen (secondary N) is 2. The fourth-order valence-corrected chi connectivity index (χ4v) is 2.90. The monoisotopic (exact) mass is 364 g/mol. The Morgan fingerprint density at radius 3 is 2.33 bits per heavy atom. The van der Waals surface area contributed by atoms with Crippen molar-refractivity contribution in [2.45, 2.75) is 19.0 Å². The van der Waals surface area contributed by atoms with Gasteiger partial charge in [-0.15, -0.1) is 0 Å². The third-order valence-electron chi connectivity index (χ3n) is 4.43. The molecule has 2 atom stereocenters. The molecular weight excluding hydrogens is 340 g/mol. The van der Waals surface area contributed by atoms with Crippen molar-refractivity contribution < 1.29 is 13.9 Å². The molecule has 1 heterocycles. The molecule has 27 heavy (non-hydrogen) atoms. The van der Waals surface area contributed by atoms with E-state index in [1.807, 2.05) is 73.7 Å². The highest BCUT2D eigenvalue weighted by molar-refractivity contribution is 5.79. The van der Waals surface area contributed by atoms with E-state index in [0.29, 0.717) is 0 Å². The molecule has 5 nitrogen and oxygen atoms in total. The summed E-state index contributed by atoms with van der Waals surface area (Å²) in [5, 5.41) is 6.30. The van der Waals surface area contributed by atoms with E-state index in [0.717, 1.165) is 22.6 Å². The molecule has 0 fully saturated rings. The number of hydrogen-bond donors (Lipinski definition) is 2. The van der Waals surface area contributed by atoms with Crippen LogP contribution in [0.25, 0.3) is 0 Å². The first-order valence-corrected chi connectivity index (χ1v) is 8.92. The van der Waals surface area contributed by atoms with Crippen molar-refractivity contribution in [2.24, 2.45) is 0 Å². The first-order valence-electron chi connectivity index (χ1n) is 8.92. The zero-order chi connectivity index (χ0) is 19.1. The minimum atomic E-state index is -0.231. The predicted octanol–water partition coefficient (Wildman–Crippen LogP) is 3.84. The van der Waals surface area contributed by atoms with Gasteiger partial charge in [0.15, 0.2) is 0 Å². The lowest BCUT2D eigenvalue weighted by molar-refractivity contribution is -0.120. The molecule has 0 radical (unpaired) electrons. The second-order valence-electron chi connectivity index (χ2n) is 6.30. The van der Waals surface area contributed by atoms with Gasteiger partial charge in [0.2, 0.25) is 5.91 Å². The Bertz CT molecular complexity index is 830. The van der Waals surface area contributed by atoms with Crippen LogP contribution in [-0.4, -0.2) is 19.6 Å². The lowest BCUT2D eigenvalue weighted by Crippen LogP contribution is -2.37. The smallest absolute Gasteiger partial charge is 0.234 e. The van der Waals surface area contributed by atoms with Gasteiger partial charge in [-0.3, -0.25) is 10.1 Å². The first kappa shape index (κ1) is 18.7. The summed E-state index contributed by atoms with van der Waals surface area (Å²) < 4.78 is 10.6. The molecule has 0 aliphatic heterocycles. The molecule has 2 aromatic carbocycles. The molecule has 3 rings (SSSR count). The zero-order valence-corrected chi connectivity index (χ0v) is 15.5. The summed E-state index contributed by atoms with van der Waals surface area (Å²) in [5.74, 6) is 1.50. The van der Waals surface area contributed by atoms with Gasteiger partial charge >= 0.3 is 0 Å². The van der Waals surface area contributed by atoms with Crippen molar-refractivity contribution in [3.8, 4) is 5.75 Å². The Morgan fingerprint density at radius 2 is 1.70 bits per heavy atom. The third-order valence-corrected chi connectivity index (χ3v) is 4.43. The maximum atomic E-state index is 12.6. The Kier molecular flexibility index (Phi) is 6.28. The van der Waals surface area contributed by atoms with Crippen LogP contribution in [0.1, 0.15) is 35.9 Å². The molecule has 140 valence electrons. The van der Waals surface area contributed by atoms with Crippen molar-refractivity contribution in [1.29, 1.82) is 0 Å². The van der Waals surface area contributed by atoms with Gasteiger partial charge in [-0.05, 0) is 42.3 Å². The molecule has 1 amide bonds. The van der Waals surface area contributed by atoms with Gasteiger partial charge in [0.25, 0.3) is 0 Å². The van der Waals surface area contributed by atoms with Crippen LogP contribution in [0.5, 0.6) is 5.75 Å². The Morgan fingerprint density at radius 1 is 1.00 bits per heavy atom. The summed E-state index contributed by atoms with van der Waals surface area (Å²) in [5.41, 5.74) is 2.02. The zero-order valence-electron chi connectivity index (χ0n) is 15.5. The number of rotatable bonds is 8. The van der Waals surface area contributed by atoms with Gasteiger partial charge in [-0.1, -0.05) is 42.5 Å². The van der Waals surface area contributed by atoms with E-state index >= 15 is 0 Å². The third kappa shape index (κ3) is 4.99. The minimum Gasteiger partial charge on any atom is -0.497 e. The summed E-state index contributed by atoms with van der Waals surface area (Å²) >= 11 is 0. The lowest BCUT2D eigenvalue weighted by atomic mass is 9.98. The van der Waals surface area contributed by atoms with Gasteiger partial charge in [-0.25, -0.2) is 0 Å².